The van der Waals surface area contributed by atoms with Gasteiger partial charge in [-0.25, -0.2) is 0 Å². The van der Waals surface area contributed by atoms with Gasteiger partial charge in [-0.3, -0.25) is 4.79 Å². The number of unbranched alkanes of at least 4 members (excludes halogenated alkanes) is 25. The Morgan fingerprint density at radius 3 is 1.06 bits per heavy atom. The fourth-order valence-corrected chi connectivity index (χ4v) is 12.7. The Labute approximate surface area is 614 Å². The standard InChI is InChI=1S/C83H141NO18/c1-3-5-7-9-11-13-15-17-19-21-22-23-24-25-26-27-28-29-30-31-32-33-34-35-36-37-38-39-40-41-42-43-44-45-47-49-51-53-55-57-59-61-71(89)84-66(67(88)60-58-56-54-52-50-48-46-20-18-16-14-12-10-8-6-4-2)65-97-81-77(95)74(92)79(69(63-86)99-81)102-83-78(96)75(93)80(70(64-87)100-83)101-82-76(94)73(91)72(90)68(62-85)98-82/h5,7,11,13,17,19,22-23,25-26,28-29,31-32,34-35,37-38,40-41,66-70,72-83,85-88,90-96H,3-4,6,8-10,12,14-16,18,20-21,24,27,30,33,36,39,42-65H2,1-2H3,(H,84,89)/b7-5-,13-11-,19-17-,23-22-,26-25-,29-28-,32-31-,35-34-,38-37-,41-40-. The van der Waals surface area contributed by atoms with Crippen molar-refractivity contribution >= 4 is 5.91 Å². The number of nitrogens with one attached hydrogen (secondary N) is 1. The van der Waals surface area contributed by atoms with Gasteiger partial charge in [-0.1, -0.05) is 289 Å². The van der Waals surface area contributed by atoms with Gasteiger partial charge in [0.15, 0.2) is 18.9 Å². The van der Waals surface area contributed by atoms with Crippen LogP contribution in [0.3, 0.4) is 0 Å². The van der Waals surface area contributed by atoms with Gasteiger partial charge in [0.2, 0.25) is 5.91 Å². The second-order valence-electron chi connectivity index (χ2n) is 27.8. The van der Waals surface area contributed by atoms with E-state index in [9.17, 15) is 61.0 Å². The van der Waals surface area contributed by atoms with Gasteiger partial charge < -0.3 is 89.9 Å². The molecule has 3 rings (SSSR count). The molecule has 0 aliphatic carbocycles. The highest BCUT2D eigenvalue weighted by atomic mass is 16.8. The lowest BCUT2D eigenvalue weighted by molar-refractivity contribution is -0.379. The summed E-state index contributed by atoms with van der Waals surface area (Å²) >= 11 is 0. The van der Waals surface area contributed by atoms with Crippen molar-refractivity contribution in [1.29, 1.82) is 0 Å². The van der Waals surface area contributed by atoms with Crippen LogP contribution in [0.25, 0.3) is 0 Å². The van der Waals surface area contributed by atoms with Crippen LogP contribution in [0.1, 0.15) is 264 Å². The van der Waals surface area contributed by atoms with E-state index in [-0.39, 0.29) is 18.9 Å². The first-order chi connectivity index (χ1) is 49.8. The Balaban J connectivity index is 1.32. The molecule has 586 valence electrons. The summed E-state index contributed by atoms with van der Waals surface area (Å²) in [6, 6.07) is -0.897. The predicted octanol–water partition coefficient (Wildman–Crippen LogP) is 13.1. The van der Waals surface area contributed by atoms with Gasteiger partial charge in [-0.2, -0.15) is 0 Å². The van der Waals surface area contributed by atoms with Gasteiger partial charge in [0.1, 0.15) is 73.2 Å². The molecule has 12 N–H and O–H groups in total. The molecule has 3 aliphatic rings. The minimum atomic E-state index is -1.98. The third kappa shape index (κ3) is 41.9. The van der Waals surface area contributed by atoms with Gasteiger partial charge in [0, 0.05) is 6.42 Å². The highest BCUT2D eigenvalue weighted by Crippen LogP contribution is 2.33. The molecule has 0 saturated carbocycles. The van der Waals surface area contributed by atoms with Crippen molar-refractivity contribution in [3.63, 3.8) is 0 Å². The zero-order valence-electron chi connectivity index (χ0n) is 62.5. The molecule has 3 heterocycles. The fraction of sp³-hybridized carbons (Fsp3) is 0.747. The van der Waals surface area contributed by atoms with Crippen molar-refractivity contribution in [1.82, 2.24) is 5.32 Å². The molecule has 17 atom stereocenters. The predicted molar refractivity (Wildman–Crippen MR) is 406 cm³/mol. The van der Waals surface area contributed by atoms with E-state index in [4.69, 9.17) is 28.4 Å². The van der Waals surface area contributed by atoms with E-state index in [2.05, 4.69) is 141 Å². The molecule has 1 amide bonds. The molecule has 0 bridgehead atoms. The van der Waals surface area contributed by atoms with Gasteiger partial charge in [-0.15, -0.1) is 0 Å². The quantitative estimate of drug-likeness (QED) is 0.0199. The number of carbonyl (C=O) groups is 1. The summed E-state index contributed by atoms with van der Waals surface area (Å²) in [5.41, 5.74) is 0. The van der Waals surface area contributed by atoms with Crippen LogP contribution in [-0.2, 0) is 33.2 Å². The number of aliphatic hydroxyl groups excluding tert-OH is 11. The maximum atomic E-state index is 13.5. The van der Waals surface area contributed by atoms with E-state index in [1.54, 1.807) is 0 Å². The summed E-state index contributed by atoms with van der Waals surface area (Å²) in [6.07, 6.45) is 60.0. The monoisotopic (exact) mass is 1440 g/mol. The minimum absolute atomic E-state index is 0.251. The highest BCUT2D eigenvalue weighted by Gasteiger charge is 2.54. The normalized spacial score (nSPS) is 26.9. The van der Waals surface area contributed by atoms with E-state index < -0.39 is 124 Å². The zero-order chi connectivity index (χ0) is 73.9. The Morgan fingerprint density at radius 2 is 0.676 bits per heavy atom. The molecule has 3 saturated heterocycles. The van der Waals surface area contributed by atoms with Crippen molar-refractivity contribution in [2.45, 2.75) is 369 Å². The average Bonchev–Trinajstić information content (AvgIpc) is 0.755. The zero-order valence-corrected chi connectivity index (χ0v) is 62.5. The molecule has 102 heavy (non-hydrogen) atoms. The van der Waals surface area contributed by atoms with Crippen molar-refractivity contribution in [3.05, 3.63) is 122 Å². The third-order valence-electron chi connectivity index (χ3n) is 19.1. The lowest BCUT2D eigenvalue weighted by Crippen LogP contribution is -2.66. The number of amides is 1. The van der Waals surface area contributed by atoms with Crippen LogP contribution in [-0.4, -0.2) is 193 Å². The fourth-order valence-electron chi connectivity index (χ4n) is 12.7. The number of carbonyl (C=O) groups excluding carboxylic acids is 1. The van der Waals surface area contributed by atoms with Crippen LogP contribution in [0.4, 0.5) is 0 Å². The Hall–Kier alpha value is -3.81. The first-order valence-corrected chi connectivity index (χ1v) is 39.8. The second-order valence-corrected chi connectivity index (χ2v) is 27.8. The second kappa shape index (κ2) is 62.3. The van der Waals surface area contributed by atoms with Crippen molar-refractivity contribution in [2.75, 3.05) is 26.4 Å². The van der Waals surface area contributed by atoms with Crippen LogP contribution in [0, 0.1) is 0 Å². The first kappa shape index (κ1) is 92.4. The summed E-state index contributed by atoms with van der Waals surface area (Å²) < 4.78 is 34.5. The first-order valence-electron chi connectivity index (χ1n) is 39.8. The van der Waals surface area contributed by atoms with Crippen LogP contribution in [0.2, 0.25) is 0 Å². The van der Waals surface area contributed by atoms with E-state index in [0.29, 0.717) is 12.8 Å². The summed E-state index contributed by atoms with van der Waals surface area (Å²) in [6.45, 7) is 1.68. The number of allylic oxidation sites excluding steroid dienone is 20. The van der Waals surface area contributed by atoms with E-state index in [0.717, 1.165) is 122 Å². The molecule has 0 aromatic heterocycles. The number of aliphatic hydroxyl groups is 11. The molecule has 0 spiro atoms. The molecule has 19 nitrogen and oxygen atoms in total. The third-order valence-corrected chi connectivity index (χ3v) is 19.1. The minimum Gasteiger partial charge on any atom is -0.394 e. The average molecular weight is 1440 g/mol. The van der Waals surface area contributed by atoms with Gasteiger partial charge in [0.05, 0.1) is 38.6 Å². The van der Waals surface area contributed by atoms with Crippen LogP contribution in [0.5, 0.6) is 0 Å². The molecular weight excluding hydrogens is 1300 g/mol. The number of hydrogen-bond donors (Lipinski definition) is 12. The Morgan fingerprint density at radius 1 is 0.363 bits per heavy atom. The summed E-state index contributed by atoms with van der Waals surface area (Å²) in [4.78, 5) is 13.5. The smallest absolute Gasteiger partial charge is 0.220 e. The summed E-state index contributed by atoms with van der Waals surface area (Å²) in [7, 11) is 0. The molecule has 3 fully saturated rings. The van der Waals surface area contributed by atoms with Crippen LogP contribution in [0.15, 0.2) is 122 Å². The molecule has 17 unspecified atom stereocenters. The Bertz CT molecular complexity index is 2320. The number of hydrogen-bond acceptors (Lipinski definition) is 18. The maximum Gasteiger partial charge on any atom is 0.220 e. The SMILES string of the molecule is CC/C=C\C/C=C\C/C=C\C/C=C\C/C=C\C/C=C\C/C=C\C/C=C\C/C=C\C/C=C\CCCCCCCCCCCCC(=O)NC(COC1OC(CO)C(OC2OC(CO)C(OC3OC(CO)C(O)C(O)C3O)C(O)C2O)C(O)C1O)C(O)CCCCCCCCCCCCCCCCCC. The van der Waals surface area contributed by atoms with Crippen molar-refractivity contribution < 1.29 is 89.4 Å². The van der Waals surface area contributed by atoms with E-state index in [1.165, 1.54) is 109 Å². The van der Waals surface area contributed by atoms with Crippen molar-refractivity contribution in [2.24, 2.45) is 0 Å². The van der Waals surface area contributed by atoms with Crippen LogP contribution < -0.4 is 5.32 Å². The number of ether oxygens (including phenoxy) is 6. The van der Waals surface area contributed by atoms with Crippen LogP contribution >= 0.6 is 0 Å². The molecule has 19 heteroatoms. The molecule has 0 aromatic carbocycles. The highest BCUT2D eigenvalue weighted by molar-refractivity contribution is 5.76. The molecular formula is C83H141NO18. The topological polar surface area (TPSA) is 307 Å². The van der Waals surface area contributed by atoms with E-state index >= 15 is 0 Å². The summed E-state index contributed by atoms with van der Waals surface area (Å²) in [5, 5.41) is 121. The molecule has 0 radical (unpaired) electrons. The number of rotatable bonds is 61. The summed E-state index contributed by atoms with van der Waals surface area (Å²) in [5.74, 6) is -0.251. The Kier molecular flexibility index (Phi) is 56.4. The van der Waals surface area contributed by atoms with Crippen molar-refractivity contribution in [3.8, 4) is 0 Å². The van der Waals surface area contributed by atoms with Gasteiger partial charge in [0.25, 0.3) is 0 Å². The molecule has 0 aromatic rings. The molecule has 3 aliphatic heterocycles. The van der Waals surface area contributed by atoms with E-state index in [1.807, 2.05) is 0 Å². The van der Waals surface area contributed by atoms with Gasteiger partial charge in [-0.05, 0) is 89.9 Å². The lowest BCUT2D eigenvalue weighted by atomic mass is 9.96. The van der Waals surface area contributed by atoms with Gasteiger partial charge >= 0.3 is 0 Å². The largest absolute Gasteiger partial charge is 0.394 e. The lowest BCUT2D eigenvalue weighted by Gasteiger charge is -2.48. The maximum absolute atomic E-state index is 13.5.